The zero-order chi connectivity index (χ0) is 13.1. The van der Waals surface area contributed by atoms with Crippen LogP contribution in [0.15, 0.2) is 30.5 Å². The van der Waals surface area contributed by atoms with Crippen molar-refractivity contribution < 1.29 is 9.47 Å². The van der Waals surface area contributed by atoms with E-state index in [-0.39, 0.29) is 6.04 Å². The molecule has 5 nitrogen and oxygen atoms in total. The standard InChI is InChI=1S/C13H17N3O2/c1-16-8-7-10(15-16)12(14)9-5-4-6-11(17-2)13(9)18-3/h4-8,12H,14H2,1-3H3. The Hall–Kier alpha value is -2.01. The third kappa shape index (κ3) is 2.17. The van der Waals surface area contributed by atoms with Crippen molar-refractivity contribution in [1.82, 2.24) is 9.78 Å². The second kappa shape index (κ2) is 5.10. The van der Waals surface area contributed by atoms with E-state index in [0.717, 1.165) is 11.3 Å². The summed E-state index contributed by atoms with van der Waals surface area (Å²) in [6.45, 7) is 0. The fraction of sp³-hybridized carbons (Fsp3) is 0.308. The summed E-state index contributed by atoms with van der Waals surface area (Å²) >= 11 is 0. The van der Waals surface area contributed by atoms with Gasteiger partial charge in [-0.15, -0.1) is 0 Å². The summed E-state index contributed by atoms with van der Waals surface area (Å²) in [5.74, 6) is 1.32. The van der Waals surface area contributed by atoms with Gasteiger partial charge in [-0.2, -0.15) is 5.10 Å². The summed E-state index contributed by atoms with van der Waals surface area (Å²) in [7, 11) is 5.07. The predicted octanol–water partition coefficient (Wildman–Crippen LogP) is 1.49. The highest BCUT2D eigenvalue weighted by atomic mass is 16.5. The van der Waals surface area contributed by atoms with Crippen LogP contribution in [0, 0.1) is 0 Å². The summed E-state index contributed by atoms with van der Waals surface area (Å²) in [5, 5.41) is 4.31. The van der Waals surface area contributed by atoms with Gasteiger partial charge in [0.05, 0.1) is 26.0 Å². The van der Waals surface area contributed by atoms with E-state index in [2.05, 4.69) is 5.10 Å². The Morgan fingerprint density at radius 1 is 1.22 bits per heavy atom. The molecule has 2 N–H and O–H groups in total. The van der Waals surface area contributed by atoms with Crippen molar-refractivity contribution >= 4 is 0 Å². The molecule has 0 aliphatic rings. The van der Waals surface area contributed by atoms with Gasteiger partial charge in [0.15, 0.2) is 11.5 Å². The van der Waals surface area contributed by atoms with Gasteiger partial charge < -0.3 is 15.2 Å². The van der Waals surface area contributed by atoms with Crippen molar-refractivity contribution in [3.63, 3.8) is 0 Å². The van der Waals surface area contributed by atoms with Gasteiger partial charge in [-0.1, -0.05) is 12.1 Å². The van der Waals surface area contributed by atoms with E-state index in [4.69, 9.17) is 15.2 Å². The maximum atomic E-state index is 6.22. The lowest BCUT2D eigenvalue weighted by molar-refractivity contribution is 0.350. The van der Waals surface area contributed by atoms with Gasteiger partial charge in [0, 0.05) is 18.8 Å². The van der Waals surface area contributed by atoms with Crippen LogP contribution in [0.1, 0.15) is 17.3 Å². The second-order valence-electron chi connectivity index (χ2n) is 3.97. The number of para-hydroxylation sites is 1. The van der Waals surface area contributed by atoms with Gasteiger partial charge in [-0.25, -0.2) is 0 Å². The Balaban J connectivity index is 2.44. The normalized spacial score (nSPS) is 12.2. The molecule has 1 unspecified atom stereocenters. The smallest absolute Gasteiger partial charge is 0.165 e. The molecule has 0 saturated heterocycles. The number of nitrogens with zero attached hydrogens (tertiary/aromatic N) is 2. The summed E-state index contributed by atoms with van der Waals surface area (Å²) < 4.78 is 12.4. The number of hydrogen-bond acceptors (Lipinski definition) is 4. The molecule has 18 heavy (non-hydrogen) atoms. The maximum absolute atomic E-state index is 6.22. The molecule has 0 amide bonds. The van der Waals surface area contributed by atoms with Gasteiger partial charge in [0.1, 0.15) is 0 Å². The molecule has 2 rings (SSSR count). The van der Waals surface area contributed by atoms with Crippen molar-refractivity contribution in [2.45, 2.75) is 6.04 Å². The Morgan fingerprint density at radius 2 is 2.00 bits per heavy atom. The molecular formula is C13H17N3O2. The summed E-state index contributed by atoms with van der Waals surface area (Å²) in [4.78, 5) is 0. The number of rotatable bonds is 4. The van der Waals surface area contributed by atoms with Crippen molar-refractivity contribution in [1.29, 1.82) is 0 Å². The molecule has 0 radical (unpaired) electrons. The lowest BCUT2D eigenvalue weighted by atomic mass is 10.0. The number of aryl methyl sites for hydroxylation is 1. The van der Waals surface area contributed by atoms with Crippen molar-refractivity contribution in [2.24, 2.45) is 12.8 Å². The third-order valence-corrected chi connectivity index (χ3v) is 2.82. The average molecular weight is 247 g/mol. The van der Waals surface area contributed by atoms with Crippen LogP contribution < -0.4 is 15.2 Å². The third-order valence-electron chi connectivity index (χ3n) is 2.82. The monoisotopic (exact) mass is 247 g/mol. The minimum atomic E-state index is -0.337. The molecule has 0 aliphatic carbocycles. The zero-order valence-corrected chi connectivity index (χ0v) is 10.8. The average Bonchev–Trinajstić information content (AvgIpc) is 2.83. The molecule has 1 aromatic carbocycles. The zero-order valence-electron chi connectivity index (χ0n) is 10.8. The summed E-state index contributed by atoms with van der Waals surface area (Å²) in [5.41, 5.74) is 7.87. The Labute approximate surface area is 106 Å². The van der Waals surface area contributed by atoms with Crippen LogP contribution in [-0.4, -0.2) is 24.0 Å². The van der Waals surface area contributed by atoms with Crippen LogP contribution in [-0.2, 0) is 7.05 Å². The summed E-state index contributed by atoms with van der Waals surface area (Å²) in [6.07, 6.45) is 1.86. The first-order valence-corrected chi connectivity index (χ1v) is 5.63. The quantitative estimate of drug-likeness (QED) is 0.889. The van der Waals surface area contributed by atoms with Gasteiger partial charge in [0.25, 0.3) is 0 Å². The highest BCUT2D eigenvalue weighted by molar-refractivity contribution is 5.49. The van der Waals surface area contributed by atoms with Crippen LogP contribution in [0.4, 0.5) is 0 Å². The second-order valence-corrected chi connectivity index (χ2v) is 3.97. The molecule has 0 bridgehead atoms. The first kappa shape index (κ1) is 12.4. The van der Waals surface area contributed by atoms with E-state index >= 15 is 0 Å². The number of nitrogens with two attached hydrogens (primary N) is 1. The first-order valence-electron chi connectivity index (χ1n) is 5.63. The number of benzene rings is 1. The van der Waals surface area contributed by atoms with E-state index in [9.17, 15) is 0 Å². The molecule has 1 atom stereocenters. The van der Waals surface area contributed by atoms with Crippen LogP contribution in [0.3, 0.4) is 0 Å². The minimum Gasteiger partial charge on any atom is -0.493 e. The van der Waals surface area contributed by atoms with Crippen LogP contribution in [0.25, 0.3) is 0 Å². The summed E-state index contributed by atoms with van der Waals surface area (Å²) in [6, 6.07) is 7.20. The van der Waals surface area contributed by atoms with Gasteiger partial charge in [-0.05, 0) is 12.1 Å². The van der Waals surface area contributed by atoms with Crippen LogP contribution in [0.2, 0.25) is 0 Å². The van der Waals surface area contributed by atoms with Crippen molar-refractivity contribution in [3.8, 4) is 11.5 Å². The first-order chi connectivity index (χ1) is 8.67. The predicted molar refractivity (Wildman–Crippen MR) is 68.8 cm³/mol. The van der Waals surface area contributed by atoms with E-state index in [0.29, 0.717) is 11.5 Å². The molecule has 1 heterocycles. The number of hydrogen-bond donors (Lipinski definition) is 1. The number of ether oxygens (including phenoxy) is 2. The molecule has 96 valence electrons. The molecule has 5 heteroatoms. The minimum absolute atomic E-state index is 0.337. The van der Waals surface area contributed by atoms with Crippen LogP contribution in [0.5, 0.6) is 11.5 Å². The fourth-order valence-corrected chi connectivity index (χ4v) is 1.92. The van der Waals surface area contributed by atoms with Gasteiger partial charge >= 0.3 is 0 Å². The molecule has 0 fully saturated rings. The van der Waals surface area contributed by atoms with Gasteiger partial charge in [-0.3, -0.25) is 4.68 Å². The highest BCUT2D eigenvalue weighted by Gasteiger charge is 2.18. The van der Waals surface area contributed by atoms with Crippen LogP contribution >= 0.6 is 0 Å². The van der Waals surface area contributed by atoms with Crippen molar-refractivity contribution in [3.05, 3.63) is 41.7 Å². The lowest BCUT2D eigenvalue weighted by Gasteiger charge is -2.16. The van der Waals surface area contributed by atoms with E-state index in [1.807, 2.05) is 37.5 Å². The van der Waals surface area contributed by atoms with E-state index < -0.39 is 0 Å². The SMILES string of the molecule is COc1cccc(C(N)c2ccn(C)n2)c1OC. The molecule has 1 aromatic heterocycles. The number of aromatic nitrogens is 2. The van der Waals surface area contributed by atoms with Crippen molar-refractivity contribution in [2.75, 3.05) is 14.2 Å². The molecular weight excluding hydrogens is 230 g/mol. The van der Waals surface area contributed by atoms with Gasteiger partial charge in [0.2, 0.25) is 0 Å². The largest absolute Gasteiger partial charge is 0.493 e. The highest BCUT2D eigenvalue weighted by Crippen LogP contribution is 2.35. The fourth-order valence-electron chi connectivity index (χ4n) is 1.92. The van der Waals surface area contributed by atoms with E-state index in [1.165, 1.54) is 0 Å². The van der Waals surface area contributed by atoms with E-state index in [1.54, 1.807) is 18.9 Å². The molecule has 0 aliphatic heterocycles. The topological polar surface area (TPSA) is 62.3 Å². The number of methoxy groups -OCH3 is 2. The Bertz CT molecular complexity index is 537. The molecule has 0 saturated carbocycles. The lowest BCUT2D eigenvalue weighted by Crippen LogP contribution is -2.14. The Kier molecular flexibility index (Phi) is 3.53. The maximum Gasteiger partial charge on any atom is 0.165 e. The molecule has 2 aromatic rings. The molecule has 0 spiro atoms. The Morgan fingerprint density at radius 3 is 2.56 bits per heavy atom.